The molecule has 0 spiro atoms. The van der Waals surface area contributed by atoms with Crippen LogP contribution in [0, 0.1) is 17.3 Å². The van der Waals surface area contributed by atoms with Crippen molar-refractivity contribution in [3.05, 3.63) is 0 Å². The van der Waals surface area contributed by atoms with E-state index in [1.54, 1.807) is 0 Å². The SMILES string of the molecule is CC1CCC(CC2(CNC(C)(C)C)CC3CC3C2)O1. The highest BCUT2D eigenvalue weighted by Crippen LogP contribution is 2.61. The summed E-state index contributed by atoms with van der Waals surface area (Å²) < 4.78 is 6.10. The van der Waals surface area contributed by atoms with Gasteiger partial charge < -0.3 is 10.1 Å². The average Bonchev–Trinajstić information content (AvgIpc) is 2.71. The van der Waals surface area contributed by atoms with Gasteiger partial charge in [0.05, 0.1) is 12.2 Å². The quantitative estimate of drug-likeness (QED) is 0.836. The normalized spacial score (nSPS) is 45.5. The second kappa shape index (κ2) is 4.73. The summed E-state index contributed by atoms with van der Waals surface area (Å²) in [5.41, 5.74) is 0.777. The van der Waals surface area contributed by atoms with Crippen LogP contribution in [-0.2, 0) is 4.74 Å². The van der Waals surface area contributed by atoms with Crippen molar-refractivity contribution in [3.8, 4) is 0 Å². The second-order valence-corrected chi connectivity index (χ2v) is 8.62. The summed E-state index contributed by atoms with van der Waals surface area (Å²) in [7, 11) is 0. The van der Waals surface area contributed by atoms with E-state index in [1.165, 1.54) is 45.1 Å². The van der Waals surface area contributed by atoms with E-state index in [2.05, 4.69) is 33.0 Å². The van der Waals surface area contributed by atoms with Crippen molar-refractivity contribution in [2.45, 2.75) is 84.0 Å². The summed E-state index contributed by atoms with van der Waals surface area (Å²) in [4.78, 5) is 0. The average molecular weight is 265 g/mol. The molecule has 0 radical (unpaired) electrons. The Morgan fingerprint density at radius 1 is 1.16 bits per heavy atom. The standard InChI is InChI=1S/C17H31NO/c1-12-5-6-15(19-12)10-17(11-18-16(2,3)4)8-13-7-14(13)9-17/h12-15,18H,5-11H2,1-4H3. The molecule has 0 aromatic rings. The molecule has 19 heavy (non-hydrogen) atoms. The highest BCUT2D eigenvalue weighted by molar-refractivity contribution is 5.05. The molecule has 1 N–H and O–H groups in total. The van der Waals surface area contributed by atoms with E-state index < -0.39 is 0 Å². The van der Waals surface area contributed by atoms with Crippen LogP contribution in [0.3, 0.4) is 0 Å². The third-order valence-corrected chi connectivity index (χ3v) is 5.43. The Kier molecular flexibility index (Phi) is 3.46. The van der Waals surface area contributed by atoms with Gasteiger partial charge in [-0.05, 0) is 83.5 Å². The van der Waals surface area contributed by atoms with Crippen LogP contribution in [0.15, 0.2) is 0 Å². The van der Waals surface area contributed by atoms with Crippen LogP contribution in [0.25, 0.3) is 0 Å². The first-order valence-corrected chi connectivity index (χ1v) is 8.26. The molecule has 2 aliphatic carbocycles. The summed E-state index contributed by atoms with van der Waals surface area (Å²) >= 11 is 0. The molecular formula is C17H31NO. The van der Waals surface area contributed by atoms with Gasteiger partial charge in [0.2, 0.25) is 0 Å². The number of fused-ring (bicyclic) bond motifs is 1. The Morgan fingerprint density at radius 2 is 1.84 bits per heavy atom. The summed E-state index contributed by atoms with van der Waals surface area (Å²) in [5.74, 6) is 2.11. The summed E-state index contributed by atoms with van der Waals surface area (Å²) in [6.45, 7) is 10.3. The number of ether oxygens (including phenoxy) is 1. The number of nitrogens with one attached hydrogen (secondary N) is 1. The van der Waals surface area contributed by atoms with E-state index in [0.29, 0.717) is 17.6 Å². The van der Waals surface area contributed by atoms with Crippen LogP contribution in [0.1, 0.15) is 66.2 Å². The van der Waals surface area contributed by atoms with Gasteiger partial charge in [-0.3, -0.25) is 0 Å². The summed E-state index contributed by atoms with van der Waals surface area (Å²) in [6, 6.07) is 0. The van der Waals surface area contributed by atoms with E-state index in [9.17, 15) is 0 Å². The molecule has 4 atom stereocenters. The third kappa shape index (κ3) is 3.33. The molecule has 1 saturated heterocycles. The first-order valence-electron chi connectivity index (χ1n) is 8.26. The molecular weight excluding hydrogens is 234 g/mol. The molecule has 3 aliphatic rings. The van der Waals surface area contributed by atoms with Gasteiger partial charge in [0.15, 0.2) is 0 Å². The molecule has 0 bridgehead atoms. The predicted octanol–water partition coefficient (Wildman–Crippen LogP) is 3.75. The van der Waals surface area contributed by atoms with Gasteiger partial charge in [-0.15, -0.1) is 0 Å². The monoisotopic (exact) mass is 265 g/mol. The molecule has 0 amide bonds. The van der Waals surface area contributed by atoms with E-state index in [0.717, 1.165) is 11.8 Å². The van der Waals surface area contributed by atoms with Gasteiger partial charge >= 0.3 is 0 Å². The highest BCUT2D eigenvalue weighted by Gasteiger charge is 2.54. The fraction of sp³-hybridized carbons (Fsp3) is 1.00. The van der Waals surface area contributed by atoms with Crippen molar-refractivity contribution in [1.82, 2.24) is 5.32 Å². The molecule has 3 fully saturated rings. The maximum absolute atomic E-state index is 6.10. The van der Waals surface area contributed by atoms with Gasteiger partial charge in [-0.1, -0.05) is 0 Å². The van der Waals surface area contributed by atoms with E-state index in [1.807, 2.05) is 0 Å². The van der Waals surface area contributed by atoms with Crippen LogP contribution in [-0.4, -0.2) is 24.3 Å². The first kappa shape index (κ1) is 13.9. The maximum Gasteiger partial charge on any atom is 0.0585 e. The van der Waals surface area contributed by atoms with Crippen LogP contribution >= 0.6 is 0 Å². The molecule has 0 aromatic heterocycles. The van der Waals surface area contributed by atoms with Gasteiger partial charge in [-0.25, -0.2) is 0 Å². The van der Waals surface area contributed by atoms with Crippen molar-refractivity contribution in [3.63, 3.8) is 0 Å². The smallest absolute Gasteiger partial charge is 0.0585 e. The van der Waals surface area contributed by atoms with Gasteiger partial charge in [0, 0.05) is 12.1 Å². The van der Waals surface area contributed by atoms with Crippen molar-refractivity contribution in [1.29, 1.82) is 0 Å². The molecule has 0 aromatic carbocycles. The zero-order valence-electron chi connectivity index (χ0n) is 13.2. The van der Waals surface area contributed by atoms with Crippen molar-refractivity contribution < 1.29 is 4.74 Å². The van der Waals surface area contributed by atoms with E-state index >= 15 is 0 Å². The lowest BCUT2D eigenvalue weighted by atomic mass is 9.77. The zero-order chi connectivity index (χ0) is 13.7. The Balaban J connectivity index is 1.60. The Hall–Kier alpha value is -0.0800. The first-order chi connectivity index (χ1) is 8.85. The second-order valence-electron chi connectivity index (χ2n) is 8.62. The lowest BCUT2D eigenvalue weighted by Crippen LogP contribution is -2.44. The molecule has 110 valence electrons. The molecule has 2 saturated carbocycles. The minimum absolute atomic E-state index is 0.240. The van der Waals surface area contributed by atoms with Gasteiger partial charge in [0.25, 0.3) is 0 Å². The van der Waals surface area contributed by atoms with Crippen LogP contribution < -0.4 is 5.32 Å². The van der Waals surface area contributed by atoms with Crippen LogP contribution in [0.4, 0.5) is 0 Å². The van der Waals surface area contributed by atoms with Crippen LogP contribution in [0.5, 0.6) is 0 Å². The minimum Gasteiger partial charge on any atom is -0.375 e. The predicted molar refractivity (Wildman–Crippen MR) is 79.2 cm³/mol. The van der Waals surface area contributed by atoms with Crippen molar-refractivity contribution in [2.24, 2.45) is 17.3 Å². The number of hydrogen-bond donors (Lipinski definition) is 1. The molecule has 3 rings (SSSR count). The van der Waals surface area contributed by atoms with E-state index in [-0.39, 0.29) is 5.54 Å². The largest absolute Gasteiger partial charge is 0.375 e. The molecule has 1 aliphatic heterocycles. The molecule has 4 unspecified atom stereocenters. The Labute approximate surface area is 118 Å². The van der Waals surface area contributed by atoms with E-state index in [4.69, 9.17) is 4.74 Å². The lowest BCUT2D eigenvalue weighted by molar-refractivity contribution is 0.0180. The summed E-state index contributed by atoms with van der Waals surface area (Å²) in [6.07, 6.45) is 9.30. The van der Waals surface area contributed by atoms with Crippen molar-refractivity contribution in [2.75, 3.05) is 6.54 Å². The fourth-order valence-corrected chi connectivity index (χ4v) is 4.36. The third-order valence-electron chi connectivity index (χ3n) is 5.43. The van der Waals surface area contributed by atoms with Crippen molar-refractivity contribution >= 4 is 0 Å². The molecule has 1 heterocycles. The van der Waals surface area contributed by atoms with Gasteiger partial charge in [-0.2, -0.15) is 0 Å². The minimum atomic E-state index is 0.240. The van der Waals surface area contributed by atoms with Crippen LogP contribution in [0.2, 0.25) is 0 Å². The molecule has 2 nitrogen and oxygen atoms in total. The molecule has 2 heteroatoms. The maximum atomic E-state index is 6.10. The Bertz CT molecular complexity index is 323. The summed E-state index contributed by atoms with van der Waals surface area (Å²) in [5, 5.41) is 3.78. The number of hydrogen-bond acceptors (Lipinski definition) is 2. The zero-order valence-corrected chi connectivity index (χ0v) is 13.2. The van der Waals surface area contributed by atoms with Gasteiger partial charge in [0.1, 0.15) is 0 Å². The number of rotatable bonds is 4. The Morgan fingerprint density at radius 3 is 2.37 bits per heavy atom. The fourth-order valence-electron chi connectivity index (χ4n) is 4.36. The topological polar surface area (TPSA) is 21.3 Å². The highest BCUT2D eigenvalue weighted by atomic mass is 16.5. The lowest BCUT2D eigenvalue weighted by Gasteiger charge is -2.36.